The van der Waals surface area contributed by atoms with E-state index in [1.165, 1.54) is 93.0 Å². The molecule has 0 N–H and O–H groups in total. The fourth-order valence-corrected chi connectivity index (χ4v) is 11.2. The van der Waals surface area contributed by atoms with Crippen molar-refractivity contribution >= 4 is 38.6 Å². The number of rotatable bonds is 4. The van der Waals surface area contributed by atoms with E-state index in [1.807, 2.05) is 0 Å². The zero-order chi connectivity index (χ0) is 32.1. The molecule has 5 aliphatic carbocycles. The second kappa shape index (κ2) is 10.4. The fourth-order valence-electron chi connectivity index (χ4n) is 11.2. The third-order valence-corrected chi connectivity index (χ3v) is 13.0. The maximum absolute atomic E-state index is 2.61. The molecule has 49 heavy (non-hydrogen) atoms. The standard InChI is InChI=1S/C48H39N/c1-3-9-36-28-42(20-15-33(36)7-1)49(43-21-16-34-8-2-4-10-37(34)29-43)41-18-13-35(14-19-41)38-17-22-45-44-11-5-6-12-46(44)48(47(45)30-38)39-24-31-23-32(26-39)27-40(48)25-31/h1-22,28-32,39-40H,23-27H2. The molecule has 1 heteroatoms. The van der Waals surface area contributed by atoms with E-state index >= 15 is 0 Å². The van der Waals surface area contributed by atoms with Crippen LogP contribution in [0, 0.1) is 23.7 Å². The molecule has 0 saturated heterocycles. The Balaban J connectivity index is 1.02. The molecule has 4 fully saturated rings. The van der Waals surface area contributed by atoms with Crippen LogP contribution in [0.3, 0.4) is 0 Å². The van der Waals surface area contributed by atoms with E-state index in [0.717, 1.165) is 23.7 Å². The smallest absolute Gasteiger partial charge is 0.0468 e. The van der Waals surface area contributed by atoms with Crippen LogP contribution >= 0.6 is 0 Å². The number of hydrogen-bond donors (Lipinski definition) is 0. The minimum Gasteiger partial charge on any atom is -0.310 e. The van der Waals surface area contributed by atoms with Gasteiger partial charge in [-0.3, -0.25) is 0 Å². The molecule has 1 nitrogen and oxygen atoms in total. The largest absolute Gasteiger partial charge is 0.310 e. The second-order valence-electron chi connectivity index (χ2n) is 15.4. The van der Waals surface area contributed by atoms with Crippen molar-refractivity contribution in [1.29, 1.82) is 0 Å². The Kier molecular flexibility index (Phi) is 5.91. The molecule has 7 aromatic carbocycles. The molecule has 0 heterocycles. The Morgan fingerprint density at radius 3 is 1.53 bits per heavy atom. The van der Waals surface area contributed by atoms with Gasteiger partial charge in [0.15, 0.2) is 0 Å². The van der Waals surface area contributed by atoms with Crippen LogP contribution in [0.1, 0.15) is 43.2 Å². The predicted molar refractivity (Wildman–Crippen MR) is 205 cm³/mol. The summed E-state index contributed by atoms with van der Waals surface area (Å²) in [5.41, 5.74) is 12.6. The number of fused-ring (bicyclic) bond motifs is 5. The van der Waals surface area contributed by atoms with Gasteiger partial charge in [0, 0.05) is 22.5 Å². The maximum atomic E-state index is 2.61. The Morgan fingerprint density at radius 2 is 0.898 bits per heavy atom. The fraction of sp³-hybridized carbons (Fsp3) is 0.208. The van der Waals surface area contributed by atoms with Crippen LogP contribution in [0.15, 0.2) is 152 Å². The van der Waals surface area contributed by atoms with Crippen molar-refractivity contribution in [3.8, 4) is 22.3 Å². The third-order valence-electron chi connectivity index (χ3n) is 13.0. The van der Waals surface area contributed by atoms with Crippen molar-refractivity contribution in [3.63, 3.8) is 0 Å². The second-order valence-corrected chi connectivity index (χ2v) is 15.4. The summed E-state index contributed by atoms with van der Waals surface area (Å²) >= 11 is 0. The summed E-state index contributed by atoms with van der Waals surface area (Å²) in [4.78, 5) is 2.41. The summed E-state index contributed by atoms with van der Waals surface area (Å²) in [5.74, 6) is 3.46. The summed E-state index contributed by atoms with van der Waals surface area (Å²) in [6.45, 7) is 0. The van der Waals surface area contributed by atoms with Crippen LogP contribution in [-0.4, -0.2) is 0 Å². The molecular formula is C48H39N. The van der Waals surface area contributed by atoms with Crippen LogP contribution in [0.4, 0.5) is 17.1 Å². The molecule has 0 atom stereocenters. The summed E-state index contributed by atoms with van der Waals surface area (Å²) in [5, 5.41) is 5.02. The highest BCUT2D eigenvalue weighted by Gasteiger charge is 2.61. The van der Waals surface area contributed by atoms with E-state index < -0.39 is 0 Å². The first-order valence-corrected chi connectivity index (χ1v) is 18.3. The summed E-state index contributed by atoms with van der Waals surface area (Å²) < 4.78 is 0. The summed E-state index contributed by atoms with van der Waals surface area (Å²) in [7, 11) is 0. The van der Waals surface area contributed by atoms with Gasteiger partial charge in [0.1, 0.15) is 0 Å². The Hall–Kier alpha value is -5.14. The monoisotopic (exact) mass is 629 g/mol. The average Bonchev–Trinajstić information content (AvgIpc) is 3.44. The predicted octanol–water partition coefficient (Wildman–Crippen LogP) is 12.9. The first-order valence-electron chi connectivity index (χ1n) is 18.3. The van der Waals surface area contributed by atoms with Gasteiger partial charge in [0.25, 0.3) is 0 Å². The molecular weight excluding hydrogens is 591 g/mol. The van der Waals surface area contributed by atoms with Crippen molar-refractivity contribution in [3.05, 3.63) is 163 Å². The lowest BCUT2D eigenvalue weighted by molar-refractivity contribution is -0.0399. The minimum atomic E-state index is 0.193. The highest BCUT2D eigenvalue weighted by atomic mass is 15.1. The van der Waals surface area contributed by atoms with Crippen LogP contribution in [0.2, 0.25) is 0 Å². The molecule has 0 amide bonds. The van der Waals surface area contributed by atoms with Crippen LogP contribution in [0.5, 0.6) is 0 Å². The normalized spacial score (nSPS) is 24.4. The maximum Gasteiger partial charge on any atom is 0.0468 e. The van der Waals surface area contributed by atoms with Gasteiger partial charge in [0.05, 0.1) is 0 Å². The van der Waals surface area contributed by atoms with Crippen molar-refractivity contribution < 1.29 is 0 Å². The third kappa shape index (κ3) is 4.05. The Labute approximate surface area is 288 Å². The van der Waals surface area contributed by atoms with Crippen molar-refractivity contribution in [2.24, 2.45) is 23.7 Å². The SMILES string of the molecule is c1ccc2c(c1)-c1ccc(-c3ccc(N(c4ccc5ccccc5c4)c4ccc5ccccc5c4)cc3)cc1C21C2CC3CC(C2)CC1C3. The van der Waals surface area contributed by atoms with Gasteiger partial charge < -0.3 is 4.90 Å². The summed E-state index contributed by atoms with van der Waals surface area (Å²) in [6.07, 6.45) is 7.15. The molecule has 0 aliphatic heterocycles. The van der Waals surface area contributed by atoms with Gasteiger partial charge in [-0.1, -0.05) is 109 Å². The van der Waals surface area contributed by atoms with Gasteiger partial charge in [-0.15, -0.1) is 0 Å². The van der Waals surface area contributed by atoms with Gasteiger partial charge in [-0.2, -0.15) is 0 Å². The first-order chi connectivity index (χ1) is 24.2. The molecule has 1 spiro atoms. The molecule has 0 aromatic heterocycles. The molecule has 0 unspecified atom stereocenters. The lowest BCUT2D eigenvalue weighted by atomic mass is 9.43. The molecule has 4 bridgehead atoms. The van der Waals surface area contributed by atoms with Crippen LogP contribution in [0.25, 0.3) is 43.8 Å². The van der Waals surface area contributed by atoms with E-state index in [0.29, 0.717) is 0 Å². The van der Waals surface area contributed by atoms with Crippen molar-refractivity contribution in [2.75, 3.05) is 4.90 Å². The van der Waals surface area contributed by atoms with Crippen LogP contribution in [-0.2, 0) is 5.41 Å². The van der Waals surface area contributed by atoms with Gasteiger partial charge in [-0.05, 0) is 153 Å². The van der Waals surface area contributed by atoms with Gasteiger partial charge in [-0.25, -0.2) is 0 Å². The van der Waals surface area contributed by atoms with E-state index in [1.54, 1.807) is 11.1 Å². The quantitative estimate of drug-likeness (QED) is 0.187. The number of hydrogen-bond acceptors (Lipinski definition) is 1. The summed E-state index contributed by atoms with van der Waals surface area (Å²) in [6, 6.07) is 57.1. The van der Waals surface area contributed by atoms with E-state index in [9.17, 15) is 0 Å². The van der Waals surface area contributed by atoms with Gasteiger partial charge in [0.2, 0.25) is 0 Å². The minimum absolute atomic E-state index is 0.193. The molecule has 4 saturated carbocycles. The van der Waals surface area contributed by atoms with E-state index in [-0.39, 0.29) is 5.41 Å². The lowest BCUT2D eigenvalue weighted by Crippen LogP contribution is -2.55. The van der Waals surface area contributed by atoms with Crippen molar-refractivity contribution in [2.45, 2.75) is 37.5 Å². The average molecular weight is 630 g/mol. The first kappa shape index (κ1) is 27.8. The van der Waals surface area contributed by atoms with E-state index in [2.05, 4.69) is 157 Å². The zero-order valence-corrected chi connectivity index (χ0v) is 27.7. The number of benzene rings is 7. The Bertz CT molecular complexity index is 2310. The lowest BCUT2D eigenvalue weighted by Gasteiger charge is -2.61. The van der Waals surface area contributed by atoms with Crippen LogP contribution < -0.4 is 4.90 Å². The topological polar surface area (TPSA) is 3.24 Å². The van der Waals surface area contributed by atoms with Crippen molar-refractivity contribution in [1.82, 2.24) is 0 Å². The molecule has 5 aliphatic rings. The molecule has 236 valence electrons. The van der Waals surface area contributed by atoms with E-state index in [4.69, 9.17) is 0 Å². The molecule has 12 rings (SSSR count). The number of nitrogens with zero attached hydrogens (tertiary/aromatic N) is 1. The molecule has 0 radical (unpaired) electrons. The highest BCUT2D eigenvalue weighted by Crippen LogP contribution is 2.69. The van der Waals surface area contributed by atoms with Gasteiger partial charge >= 0.3 is 0 Å². The zero-order valence-electron chi connectivity index (χ0n) is 27.7. The molecule has 7 aromatic rings. The number of anilines is 3. The Morgan fingerprint density at radius 1 is 0.388 bits per heavy atom. The highest BCUT2D eigenvalue weighted by molar-refractivity contribution is 5.93.